The number of hydrogen-bond donors (Lipinski definition) is 1. The van der Waals surface area contributed by atoms with Crippen LogP contribution < -0.4 is 25.0 Å². The summed E-state index contributed by atoms with van der Waals surface area (Å²) < 4.78 is 16.8. The fraction of sp³-hybridized carbons (Fsp3) is 0.478. The smallest absolute Gasteiger partial charge is 0.228 e. The predicted molar refractivity (Wildman–Crippen MR) is 121 cm³/mol. The van der Waals surface area contributed by atoms with Crippen LogP contribution in [0, 0.1) is 6.92 Å². The van der Waals surface area contributed by atoms with Crippen LogP contribution in [-0.4, -0.2) is 49.4 Å². The highest BCUT2D eigenvalue weighted by Gasteiger charge is 2.40. The predicted octanol–water partition coefficient (Wildman–Crippen LogP) is 3.77. The van der Waals surface area contributed by atoms with E-state index in [0.29, 0.717) is 35.3 Å². The molecular formula is C23H29N5O3. The van der Waals surface area contributed by atoms with E-state index in [0.717, 1.165) is 48.5 Å². The molecule has 0 spiro atoms. The Kier molecular flexibility index (Phi) is 5.00. The van der Waals surface area contributed by atoms with Crippen molar-refractivity contribution in [1.82, 2.24) is 9.97 Å². The third kappa shape index (κ3) is 3.40. The molecule has 2 fully saturated rings. The Morgan fingerprint density at radius 1 is 0.968 bits per heavy atom. The number of methoxy groups -OCH3 is 2. The molecule has 2 atom stereocenters. The van der Waals surface area contributed by atoms with E-state index >= 15 is 0 Å². The number of aromatic nitrogens is 2. The molecule has 1 aromatic carbocycles. The average Bonchev–Trinajstić information content (AvgIpc) is 3.23. The van der Waals surface area contributed by atoms with Gasteiger partial charge < -0.3 is 29.4 Å². The van der Waals surface area contributed by atoms with Gasteiger partial charge in [-0.25, -0.2) is 4.98 Å². The summed E-state index contributed by atoms with van der Waals surface area (Å²) in [6.45, 7) is 3.67. The van der Waals surface area contributed by atoms with Crippen molar-refractivity contribution in [2.75, 3.05) is 42.8 Å². The molecule has 5 rings (SSSR count). The second-order valence-corrected chi connectivity index (χ2v) is 8.32. The molecule has 1 saturated heterocycles. The van der Waals surface area contributed by atoms with Crippen LogP contribution in [0.4, 0.5) is 17.7 Å². The number of benzene rings is 1. The van der Waals surface area contributed by atoms with E-state index in [-0.39, 0.29) is 0 Å². The molecule has 8 heteroatoms. The third-order valence-corrected chi connectivity index (χ3v) is 6.56. The second-order valence-electron chi connectivity index (χ2n) is 8.32. The standard InChI is InChI=1S/C23H29N5O3/c1-14-8-9-21(31-14)27-10-11-28(18-7-5-4-6-17(18)27)23-25-16-13-20(30-3)19(29-2)12-15(16)22(24)26-23/h8-9,12-13,17-18H,4-7,10-11H2,1-3H3,(H2,24,25,26)/t17-,18+/m1/s1. The van der Waals surface area contributed by atoms with Gasteiger partial charge in [-0.05, 0) is 31.9 Å². The van der Waals surface area contributed by atoms with Crippen molar-refractivity contribution in [2.24, 2.45) is 0 Å². The highest BCUT2D eigenvalue weighted by Crippen LogP contribution is 2.38. The van der Waals surface area contributed by atoms with Crippen molar-refractivity contribution in [1.29, 1.82) is 0 Å². The van der Waals surface area contributed by atoms with Gasteiger partial charge in [-0.2, -0.15) is 4.98 Å². The Morgan fingerprint density at radius 2 is 1.65 bits per heavy atom. The zero-order valence-electron chi connectivity index (χ0n) is 18.3. The summed E-state index contributed by atoms with van der Waals surface area (Å²) in [6.07, 6.45) is 4.67. The molecule has 3 heterocycles. The van der Waals surface area contributed by atoms with E-state index in [2.05, 4.69) is 15.9 Å². The molecular weight excluding hydrogens is 394 g/mol. The van der Waals surface area contributed by atoms with Crippen LogP contribution in [0.1, 0.15) is 31.4 Å². The van der Waals surface area contributed by atoms with Gasteiger partial charge in [0.2, 0.25) is 5.95 Å². The van der Waals surface area contributed by atoms with Crippen LogP contribution in [0.15, 0.2) is 28.7 Å². The van der Waals surface area contributed by atoms with E-state index in [1.807, 2.05) is 25.1 Å². The number of piperazine rings is 1. The molecule has 2 aliphatic rings. The Morgan fingerprint density at radius 3 is 2.32 bits per heavy atom. The average molecular weight is 424 g/mol. The number of nitrogens with two attached hydrogens (primary N) is 1. The minimum absolute atomic E-state index is 0.324. The fourth-order valence-corrected chi connectivity index (χ4v) is 5.06. The summed E-state index contributed by atoms with van der Waals surface area (Å²) in [6, 6.07) is 8.53. The van der Waals surface area contributed by atoms with Crippen molar-refractivity contribution >= 4 is 28.6 Å². The molecule has 1 aliphatic heterocycles. The van der Waals surface area contributed by atoms with Gasteiger partial charge in [0, 0.05) is 30.6 Å². The Hall–Kier alpha value is -3.16. The Bertz CT molecular complexity index is 1100. The van der Waals surface area contributed by atoms with Gasteiger partial charge in [-0.3, -0.25) is 0 Å². The number of aryl methyl sites for hydroxylation is 1. The first-order valence-electron chi connectivity index (χ1n) is 10.9. The second kappa shape index (κ2) is 7.83. The summed E-state index contributed by atoms with van der Waals surface area (Å²) >= 11 is 0. The van der Waals surface area contributed by atoms with Crippen molar-refractivity contribution in [3.05, 3.63) is 30.0 Å². The van der Waals surface area contributed by atoms with Crippen molar-refractivity contribution in [3.8, 4) is 11.5 Å². The van der Waals surface area contributed by atoms with Crippen LogP contribution in [-0.2, 0) is 0 Å². The maximum atomic E-state index is 6.37. The summed E-state index contributed by atoms with van der Waals surface area (Å²) in [7, 11) is 3.23. The molecule has 1 aliphatic carbocycles. The molecule has 2 aromatic heterocycles. The summed E-state index contributed by atoms with van der Waals surface area (Å²) in [5, 5.41) is 0.770. The Labute approximate surface area is 181 Å². The number of nitrogens with zero attached hydrogens (tertiary/aromatic N) is 4. The molecule has 3 aromatic rings. The first-order chi connectivity index (χ1) is 15.1. The van der Waals surface area contributed by atoms with Crippen molar-refractivity contribution in [2.45, 2.75) is 44.7 Å². The first-order valence-corrected chi connectivity index (χ1v) is 10.9. The zero-order chi connectivity index (χ0) is 21.5. The highest BCUT2D eigenvalue weighted by atomic mass is 16.5. The van der Waals surface area contributed by atoms with Crippen LogP contribution in [0.25, 0.3) is 10.9 Å². The summed E-state index contributed by atoms with van der Waals surface area (Å²) in [5.41, 5.74) is 7.13. The quantitative estimate of drug-likeness (QED) is 0.678. The number of nitrogen functional groups attached to an aromatic ring is 1. The van der Waals surface area contributed by atoms with Crippen LogP contribution >= 0.6 is 0 Å². The molecule has 31 heavy (non-hydrogen) atoms. The van der Waals surface area contributed by atoms with Gasteiger partial charge in [0.15, 0.2) is 17.4 Å². The molecule has 1 saturated carbocycles. The monoisotopic (exact) mass is 423 g/mol. The SMILES string of the molecule is COc1cc2nc(N3CCN(c4ccc(C)o4)[C@@H]4CCCC[C@@H]43)nc(N)c2cc1OC. The number of anilines is 3. The topological polar surface area (TPSA) is 89.9 Å². The zero-order valence-corrected chi connectivity index (χ0v) is 18.3. The van der Waals surface area contributed by atoms with E-state index < -0.39 is 0 Å². The fourth-order valence-electron chi connectivity index (χ4n) is 5.06. The Balaban J connectivity index is 1.52. The molecule has 0 amide bonds. The summed E-state index contributed by atoms with van der Waals surface area (Å²) in [4.78, 5) is 14.4. The van der Waals surface area contributed by atoms with Gasteiger partial charge >= 0.3 is 0 Å². The molecule has 8 nitrogen and oxygen atoms in total. The largest absolute Gasteiger partial charge is 0.493 e. The van der Waals surface area contributed by atoms with Gasteiger partial charge in [-0.15, -0.1) is 0 Å². The number of furan rings is 1. The maximum absolute atomic E-state index is 6.37. The van der Waals surface area contributed by atoms with Crippen LogP contribution in [0.5, 0.6) is 11.5 Å². The summed E-state index contributed by atoms with van der Waals surface area (Å²) in [5.74, 6) is 4.30. The number of hydrogen-bond acceptors (Lipinski definition) is 8. The van der Waals surface area contributed by atoms with Crippen LogP contribution in [0.3, 0.4) is 0 Å². The van der Waals surface area contributed by atoms with Crippen molar-refractivity contribution in [3.63, 3.8) is 0 Å². The normalized spacial score (nSPS) is 21.3. The number of fused-ring (bicyclic) bond motifs is 2. The van der Waals surface area contributed by atoms with Gasteiger partial charge in [0.25, 0.3) is 0 Å². The molecule has 164 valence electrons. The lowest BCUT2D eigenvalue weighted by molar-refractivity contribution is 0.305. The highest BCUT2D eigenvalue weighted by molar-refractivity contribution is 5.91. The first kappa shape index (κ1) is 19.8. The third-order valence-electron chi connectivity index (χ3n) is 6.56. The van der Waals surface area contributed by atoms with Gasteiger partial charge in [0.1, 0.15) is 11.6 Å². The minimum Gasteiger partial charge on any atom is -0.493 e. The molecule has 0 unspecified atom stereocenters. The lowest BCUT2D eigenvalue weighted by atomic mass is 9.86. The lowest BCUT2D eigenvalue weighted by Gasteiger charge is -2.49. The van der Waals surface area contributed by atoms with Gasteiger partial charge in [0.05, 0.1) is 31.8 Å². The molecule has 0 bridgehead atoms. The molecule has 0 radical (unpaired) electrons. The lowest BCUT2D eigenvalue weighted by Crippen LogP contribution is -2.61. The van der Waals surface area contributed by atoms with Crippen molar-refractivity contribution < 1.29 is 13.9 Å². The van der Waals surface area contributed by atoms with E-state index in [9.17, 15) is 0 Å². The van der Waals surface area contributed by atoms with Gasteiger partial charge in [-0.1, -0.05) is 12.8 Å². The van der Waals surface area contributed by atoms with E-state index in [4.69, 9.17) is 29.6 Å². The number of ether oxygens (including phenoxy) is 2. The number of rotatable bonds is 4. The van der Waals surface area contributed by atoms with E-state index in [1.54, 1.807) is 14.2 Å². The van der Waals surface area contributed by atoms with Crippen LogP contribution in [0.2, 0.25) is 0 Å². The maximum Gasteiger partial charge on any atom is 0.228 e. The minimum atomic E-state index is 0.324. The molecule has 2 N–H and O–H groups in total. The van der Waals surface area contributed by atoms with E-state index in [1.165, 1.54) is 12.8 Å².